The summed E-state index contributed by atoms with van der Waals surface area (Å²) >= 11 is 0. The lowest BCUT2D eigenvalue weighted by molar-refractivity contribution is -0.128. The van der Waals surface area contributed by atoms with Crippen molar-refractivity contribution < 1.29 is 17.6 Å². The Morgan fingerprint density at radius 3 is 2.58 bits per heavy atom. The first-order valence-corrected chi connectivity index (χ1v) is 10.0. The largest absolute Gasteiger partial charge is 0.424 e. The number of hydrogen-bond donors (Lipinski definition) is 0. The van der Waals surface area contributed by atoms with Gasteiger partial charge in [-0.15, -0.1) is 10.2 Å². The molecule has 130 valence electrons. The molecule has 2 bridgehead atoms. The van der Waals surface area contributed by atoms with Crippen molar-refractivity contribution >= 4 is 15.9 Å². The molecule has 1 atom stereocenters. The van der Waals surface area contributed by atoms with E-state index in [-0.39, 0.29) is 18.4 Å². The van der Waals surface area contributed by atoms with E-state index in [0.717, 1.165) is 25.7 Å². The summed E-state index contributed by atoms with van der Waals surface area (Å²) < 4.78 is 33.6. The Balaban J connectivity index is 1.45. The maximum atomic E-state index is 13.2. The van der Waals surface area contributed by atoms with Crippen LogP contribution in [0, 0.1) is 12.8 Å². The first kappa shape index (κ1) is 14.8. The molecular formula is C15H20N4O4S. The molecule has 5 aliphatic rings. The molecule has 24 heavy (non-hydrogen) atoms. The molecule has 2 saturated carbocycles. The van der Waals surface area contributed by atoms with Crippen LogP contribution in [-0.2, 0) is 20.4 Å². The van der Waals surface area contributed by atoms with Crippen molar-refractivity contribution in [3.05, 3.63) is 11.8 Å². The second kappa shape index (κ2) is 4.57. The minimum atomic E-state index is -3.57. The summed E-state index contributed by atoms with van der Waals surface area (Å²) in [6, 6.07) is 0.262. The quantitative estimate of drug-likeness (QED) is 0.778. The number of aromatic nitrogens is 2. The van der Waals surface area contributed by atoms with Gasteiger partial charge in [0.2, 0.25) is 27.7 Å². The van der Waals surface area contributed by atoms with Gasteiger partial charge in [0.15, 0.2) is 0 Å². The number of hydrogen-bond acceptors (Lipinski definition) is 6. The van der Waals surface area contributed by atoms with Crippen LogP contribution in [-0.4, -0.2) is 58.1 Å². The minimum Gasteiger partial charge on any atom is -0.424 e. The zero-order chi connectivity index (χ0) is 16.7. The van der Waals surface area contributed by atoms with Crippen molar-refractivity contribution in [2.45, 2.75) is 55.9 Å². The maximum absolute atomic E-state index is 13.2. The van der Waals surface area contributed by atoms with E-state index in [0.29, 0.717) is 30.8 Å². The molecule has 1 aromatic heterocycles. The van der Waals surface area contributed by atoms with Gasteiger partial charge in [0, 0.05) is 32.5 Å². The standard InChI is InChI=1S/C15H20N4O4S/c1-9-16-17-14(23-9)15-5-10(6-15)7-19(15)24(21,22)12-4-13(20)18(8-12)11-2-3-11/h10-12H,2-8H2,1H3. The van der Waals surface area contributed by atoms with Crippen molar-refractivity contribution in [1.82, 2.24) is 19.4 Å². The van der Waals surface area contributed by atoms with Gasteiger partial charge in [-0.3, -0.25) is 4.79 Å². The van der Waals surface area contributed by atoms with Crippen LogP contribution >= 0.6 is 0 Å². The summed E-state index contributed by atoms with van der Waals surface area (Å²) in [6.07, 6.45) is 3.56. The second-order valence-corrected chi connectivity index (χ2v) is 9.75. The third kappa shape index (κ3) is 1.88. The Morgan fingerprint density at radius 1 is 1.21 bits per heavy atom. The molecule has 1 amide bonds. The Labute approximate surface area is 140 Å². The van der Waals surface area contributed by atoms with E-state index in [1.807, 2.05) is 0 Å². The van der Waals surface area contributed by atoms with Crippen LogP contribution in [0.2, 0.25) is 0 Å². The third-order valence-electron chi connectivity index (χ3n) is 5.92. The van der Waals surface area contributed by atoms with Gasteiger partial charge in [0.1, 0.15) is 10.8 Å². The summed E-state index contributed by atoms with van der Waals surface area (Å²) in [5.74, 6) is 1.17. The number of fused-ring (bicyclic) bond motifs is 1. The van der Waals surface area contributed by atoms with Crippen LogP contribution in [0.25, 0.3) is 0 Å². The van der Waals surface area contributed by atoms with E-state index in [2.05, 4.69) is 10.2 Å². The number of likely N-dealkylation sites (tertiary alicyclic amines) is 1. The lowest BCUT2D eigenvalue weighted by atomic mass is 9.73. The lowest BCUT2D eigenvalue weighted by Crippen LogP contribution is -2.49. The highest BCUT2D eigenvalue weighted by atomic mass is 32.2. The summed E-state index contributed by atoms with van der Waals surface area (Å²) in [5, 5.41) is 7.32. The minimum absolute atomic E-state index is 0.0275. The van der Waals surface area contributed by atoms with Crippen LogP contribution < -0.4 is 0 Å². The smallest absolute Gasteiger partial charge is 0.237 e. The van der Waals surface area contributed by atoms with Crippen molar-refractivity contribution in [3.63, 3.8) is 0 Å². The van der Waals surface area contributed by atoms with Crippen molar-refractivity contribution in [2.24, 2.45) is 5.92 Å². The molecule has 2 aliphatic carbocycles. The van der Waals surface area contributed by atoms with Crippen molar-refractivity contribution in [1.29, 1.82) is 0 Å². The number of sulfonamides is 1. The van der Waals surface area contributed by atoms with Crippen molar-refractivity contribution in [2.75, 3.05) is 13.1 Å². The van der Waals surface area contributed by atoms with Crippen LogP contribution in [0.5, 0.6) is 0 Å². The van der Waals surface area contributed by atoms with Gasteiger partial charge in [0.25, 0.3) is 0 Å². The van der Waals surface area contributed by atoms with E-state index in [9.17, 15) is 13.2 Å². The number of carbonyl (C=O) groups excluding carboxylic acids is 1. The monoisotopic (exact) mass is 352 g/mol. The van der Waals surface area contributed by atoms with Gasteiger partial charge in [-0.1, -0.05) is 0 Å². The molecule has 6 rings (SSSR count). The van der Waals surface area contributed by atoms with Gasteiger partial charge in [0.05, 0.1) is 0 Å². The first-order chi connectivity index (χ1) is 11.4. The molecule has 8 nitrogen and oxygen atoms in total. The van der Waals surface area contributed by atoms with E-state index < -0.39 is 20.8 Å². The Kier molecular flexibility index (Phi) is 2.82. The highest BCUT2D eigenvalue weighted by Gasteiger charge is 2.65. The topological polar surface area (TPSA) is 96.6 Å². The highest BCUT2D eigenvalue weighted by Crippen LogP contribution is 2.58. The number of carbonyl (C=O) groups is 1. The van der Waals surface area contributed by atoms with E-state index in [1.54, 1.807) is 16.1 Å². The molecule has 0 N–H and O–H groups in total. The predicted molar refractivity (Wildman–Crippen MR) is 82.2 cm³/mol. The second-order valence-electron chi connectivity index (χ2n) is 7.61. The SMILES string of the molecule is Cc1nnc(C23CC(CN2S(=O)(=O)C2CC(=O)N(C4CC4)C2)C3)o1. The Bertz CT molecular complexity index is 809. The number of rotatable bonds is 4. The number of aryl methyl sites for hydroxylation is 1. The fraction of sp³-hybridized carbons (Fsp3) is 0.800. The van der Waals surface area contributed by atoms with Gasteiger partial charge in [-0.05, 0) is 31.6 Å². The van der Waals surface area contributed by atoms with Crippen LogP contribution in [0.3, 0.4) is 0 Å². The molecule has 4 heterocycles. The van der Waals surface area contributed by atoms with Crippen LogP contribution in [0.15, 0.2) is 4.42 Å². The number of amides is 1. The molecule has 1 unspecified atom stereocenters. The molecule has 0 radical (unpaired) electrons. The number of nitrogens with zero attached hydrogens (tertiary/aromatic N) is 4. The Morgan fingerprint density at radius 2 is 1.96 bits per heavy atom. The van der Waals surface area contributed by atoms with Crippen molar-refractivity contribution in [3.8, 4) is 0 Å². The van der Waals surface area contributed by atoms with E-state index >= 15 is 0 Å². The highest BCUT2D eigenvalue weighted by molar-refractivity contribution is 7.89. The molecule has 3 saturated heterocycles. The maximum Gasteiger partial charge on any atom is 0.237 e. The molecular weight excluding hydrogens is 332 g/mol. The average molecular weight is 352 g/mol. The first-order valence-electron chi connectivity index (χ1n) is 8.52. The zero-order valence-electron chi connectivity index (χ0n) is 13.5. The van der Waals surface area contributed by atoms with Crippen LogP contribution in [0.1, 0.15) is 43.9 Å². The summed E-state index contributed by atoms with van der Waals surface area (Å²) in [7, 11) is -3.57. The summed E-state index contributed by atoms with van der Waals surface area (Å²) in [4.78, 5) is 13.9. The zero-order valence-corrected chi connectivity index (χ0v) is 14.3. The Hall–Kier alpha value is -1.48. The summed E-state index contributed by atoms with van der Waals surface area (Å²) in [6.45, 7) is 2.53. The van der Waals surface area contributed by atoms with Gasteiger partial charge >= 0.3 is 0 Å². The molecule has 1 aromatic rings. The lowest BCUT2D eigenvalue weighted by Gasteiger charge is -2.39. The fourth-order valence-corrected chi connectivity index (χ4v) is 6.76. The van der Waals surface area contributed by atoms with Crippen LogP contribution in [0.4, 0.5) is 0 Å². The van der Waals surface area contributed by atoms with E-state index in [1.165, 1.54) is 0 Å². The van der Waals surface area contributed by atoms with Gasteiger partial charge in [-0.2, -0.15) is 4.31 Å². The van der Waals surface area contributed by atoms with E-state index in [4.69, 9.17) is 4.42 Å². The van der Waals surface area contributed by atoms with Gasteiger partial charge < -0.3 is 9.32 Å². The summed E-state index contributed by atoms with van der Waals surface area (Å²) in [5.41, 5.74) is -0.680. The molecule has 3 aliphatic heterocycles. The molecule has 9 heteroatoms. The van der Waals surface area contributed by atoms with Gasteiger partial charge in [-0.25, -0.2) is 8.42 Å². The normalized spacial score (nSPS) is 36.4. The fourth-order valence-electron chi connectivity index (χ4n) is 4.57. The molecule has 0 spiro atoms. The molecule has 5 fully saturated rings. The predicted octanol–water partition coefficient (Wildman–Crippen LogP) is 0.392. The third-order valence-corrected chi connectivity index (χ3v) is 8.19. The average Bonchev–Trinajstić information content (AvgIpc) is 2.89. The molecule has 0 aromatic carbocycles.